The quantitative estimate of drug-likeness (QED) is 0.773. The van der Waals surface area contributed by atoms with E-state index in [1.165, 1.54) is 34.8 Å². The van der Waals surface area contributed by atoms with E-state index in [0.29, 0.717) is 13.1 Å². The molecule has 2 N–H and O–H groups in total. The Bertz CT molecular complexity index is 951. The largest absolute Gasteiger partial charge is 0.477 e. The fourth-order valence-corrected chi connectivity index (χ4v) is 4.35. The predicted molar refractivity (Wildman–Crippen MR) is 96.8 cm³/mol. The Morgan fingerprint density at radius 2 is 1.78 bits per heavy atom. The molecule has 27 heavy (non-hydrogen) atoms. The maximum atomic E-state index is 12.5. The van der Waals surface area contributed by atoms with E-state index < -0.39 is 21.9 Å². The number of aromatic carboxylic acids is 1. The van der Waals surface area contributed by atoms with E-state index in [0.717, 1.165) is 18.4 Å². The van der Waals surface area contributed by atoms with Crippen molar-refractivity contribution in [3.8, 4) is 0 Å². The third-order valence-corrected chi connectivity index (χ3v) is 6.23. The molecule has 0 aliphatic carbocycles. The van der Waals surface area contributed by atoms with Crippen molar-refractivity contribution >= 4 is 21.9 Å². The average molecular weight is 389 g/mol. The maximum absolute atomic E-state index is 12.5. The van der Waals surface area contributed by atoms with E-state index in [-0.39, 0.29) is 22.7 Å². The number of hydrogen-bond donors (Lipinski definition) is 2. The summed E-state index contributed by atoms with van der Waals surface area (Å²) in [6, 6.07) is 8.99. The van der Waals surface area contributed by atoms with Crippen LogP contribution >= 0.6 is 0 Å². The van der Waals surface area contributed by atoms with Crippen LogP contribution in [0.25, 0.3) is 0 Å². The van der Waals surface area contributed by atoms with Gasteiger partial charge in [0, 0.05) is 31.4 Å². The molecule has 0 saturated carbocycles. The lowest BCUT2D eigenvalue weighted by atomic mass is 10.2. The van der Waals surface area contributed by atoms with Crippen molar-refractivity contribution in [1.29, 1.82) is 0 Å². The zero-order valence-electron chi connectivity index (χ0n) is 14.5. The van der Waals surface area contributed by atoms with Gasteiger partial charge in [-0.2, -0.15) is 4.31 Å². The van der Waals surface area contributed by atoms with Crippen LogP contribution in [0.4, 0.5) is 0 Å². The van der Waals surface area contributed by atoms with Gasteiger partial charge in [0.05, 0.1) is 4.90 Å². The molecule has 1 aromatic carbocycles. The van der Waals surface area contributed by atoms with E-state index in [2.05, 4.69) is 10.3 Å². The van der Waals surface area contributed by atoms with E-state index in [1.54, 1.807) is 12.1 Å². The third-order valence-electron chi connectivity index (χ3n) is 4.32. The molecule has 8 nitrogen and oxygen atoms in total. The molecule has 1 amide bonds. The van der Waals surface area contributed by atoms with Crippen LogP contribution in [0.3, 0.4) is 0 Å². The summed E-state index contributed by atoms with van der Waals surface area (Å²) in [4.78, 5) is 27.0. The Morgan fingerprint density at radius 1 is 1.11 bits per heavy atom. The van der Waals surface area contributed by atoms with Crippen LogP contribution in [-0.2, 0) is 16.6 Å². The SMILES string of the molecule is O=C(NCc1ccc(S(=O)(=O)N2CCCC2)cc1)c1ccnc(C(=O)O)c1. The number of aromatic nitrogens is 1. The number of rotatable bonds is 6. The molecule has 3 rings (SSSR count). The van der Waals surface area contributed by atoms with Gasteiger partial charge in [0.2, 0.25) is 10.0 Å². The zero-order valence-corrected chi connectivity index (χ0v) is 15.3. The molecule has 2 heterocycles. The van der Waals surface area contributed by atoms with E-state index in [4.69, 9.17) is 5.11 Å². The Hall–Kier alpha value is -2.78. The van der Waals surface area contributed by atoms with Crippen molar-refractivity contribution in [3.05, 3.63) is 59.4 Å². The summed E-state index contributed by atoms with van der Waals surface area (Å²) >= 11 is 0. The highest BCUT2D eigenvalue weighted by Gasteiger charge is 2.26. The molecule has 142 valence electrons. The smallest absolute Gasteiger partial charge is 0.354 e. The van der Waals surface area contributed by atoms with Crippen LogP contribution in [0.5, 0.6) is 0 Å². The van der Waals surface area contributed by atoms with E-state index in [9.17, 15) is 18.0 Å². The van der Waals surface area contributed by atoms with Crippen LogP contribution < -0.4 is 5.32 Å². The van der Waals surface area contributed by atoms with Gasteiger partial charge in [-0.3, -0.25) is 4.79 Å². The summed E-state index contributed by atoms with van der Waals surface area (Å²) in [5.74, 6) is -1.65. The number of carbonyl (C=O) groups excluding carboxylic acids is 1. The minimum absolute atomic E-state index is 0.188. The van der Waals surface area contributed by atoms with Crippen LogP contribution in [-0.4, -0.2) is 47.8 Å². The highest BCUT2D eigenvalue weighted by molar-refractivity contribution is 7.89. The summed E-state index contributed by atoms with van der Waals surface area (Å²) in [6.07, 6.45) is 3.01. The molecule has 1 fully saturated rings. The summed E-state index contributed by atoms with van der Waals surface area (Å²) in [5.41, 5.74) is 0.714. The second-order valence-corrected chi connectivity index (χ2v) is 8.11. The van der Waals surface area contributed by atoms with Gasteiger partial charge in [-0.05, 0) is 42.7 Å². The number of pyridine rings is 1. The van der Waals surface area contributed by atoms with Crippen LogP contribution in [0.2, 0.25) is 0 Å². The van der Waals surface area contributed by atoms with Crippen molar-refractivity contribution in [1.82, 2.24) is 14.6 Å². The number of nitrogens with zero attached hydrogens (tertiary/aromatic N) is 2. The number of amides is 1. The van der Waals surface area contributed by atoms with Crippen molar-refractivity contribution in [2.45, 2.75) is 24.3 Å². The Balaban J connectivity index is 1.64. The minimum Gasteiger partial charge on any atom is -0.477 e. The number of sulfonamides is 1. The maximum Gasteiger partial charge on any atom is 0.354 e. The number of benzene rings is 1. The average Bonchev–Trinajstić information content (AvgIpc) is 3.22. The molecule has 9 heteroatoms. The molecule has 1 aliphatic heterocycles. The van der Waals surface area contributed by atoms with Gasteiger partial charge >= 0.3 is 5.97 Å². The first-order chi connectivity index (χ1) is 12.9. The summed E-state index contributed by atoms with van der Waals surface area (Å²) in [7, 11) is -3.46. The summed E-state index contributed by atoms with van der Waals surface area (Å²) in [5, 5.41) is 11.6. The van der Waals surface area contributed by atoms with Gasteiger partial charge in [-0.15, -0.1) is 0 Å². The number of nitrogens with one attached hydrogen (secondary N) is 1. The molecular formula is C18H19N3O5S. The van der Waals surface area contributed by atoms with Crippen molar-refractivity contribution < 1.29 is 23.1 Å². The lowest BCUT2D eigenvalue weighted by Crippen LogP contribution is -2.28. The molecule has 1 aromatic heterocycles. The lowest BCUT2D eigenvalue weighted by molar-refractivity contribution is 0.0690. The third kappa shape index (κ3) is 4.32. The van der Waals surface area contributed by atoms with Gasteiger partial charge in [-0.25, -0.2) is 18.2 Å². The highest BCUT2D eigenvalue weighted by Crippen LogP contribution is 2.21. The molecule has 0 bridgehead atoms. The van der Waals surface area contributed by atoms with Crippen molar-refractivity contribution in [3.63, 3.8) is 0 Å². The van der Waals surface area contributed by atoms with Gasteiger partial charge in [0.25, 0.3) is 5.91 Å². The van der Waals surface area contributed by atoms with Crippen LogP contribution in [0, 0.1) is 0 Å². The van der Waals surface area contributed by atoms with Crippen LogP contribution in [0.1, 0.15) is 39.3 Å². The molecule has 2 aromatic rings. The van der Waals surface area contributed by atoms with Crippen molar-refractivity contribution in [2.24, 2.45) is 0 Å². The minimum atomic E-state index is -3.46. The fourth-order valence-electron chi connectivity index (χ4n) is 2.83. The molecular weight excluding hydrogens is 370 g/mol. The predicted octanol–water partition coefficient (Wildman–Crippen LogP) is 1.49. The molecule has 0 atom stereocenters. The van der Waals surface area contributed by atoms with Gasteiger partial charge in [0.15, 0.2) is 0 Å². The summed E-state index contributed by atoms with van der Waals surface area (Å²) in [6.45, 7) is 1.28. The van der Waals surface area contributed by atoms with Gasteiger partial charge in [0.1, 0.15) is 5.69 Å². The normalized spacial score (nSPS) is 14.8. The fraction of sp³-hybridized carbons (Fsp3) is 0.278. The zero-order chi connectivity index (χ0) is 19.4. The van der Waals surface area contributed by atoms with E-state index >= 15 is 0 Å². The highest BCUT2D eigenvalue weighted by atomic mass is 32.2. The number of hydrogen-bond acceptors (Lipinski definition) is 5. The van der Waals surface area contributed by atoms with Crippen LogP contribution in [0.15, 0.2) is 47.5 Å². The Morgan fingerprint density at radius 3 is 2.41 bits per heavy atom. The monoisotopic (exact) mass is 389 g/mol. The first kappa shape index (κ1) is 19.0. The number of carboxylic acid groups (broad SMARTS) is 1. The molecule has 0 radical (unpaired) electrons. The lowest BCUT2D eigenvalue weighted by Gasteiger charge is -2.15. The second-order valence-electron chi connectivity index (χ2n) is 6.17. The first-order valence-corrected chi connectivity index (χ1v) is 9.88. The van der Waals surface area contributed by atoms with Gasteiger partial charge < -0.3 is 10.4 Å². The second kappa shape index (κ2) is 7.85. The molecule has 1 aliphatic rings. The first-order valence-electron chi connectivity index (χ1n) is 8.44. The molecule has 0 unspecified atom stereocenters. The summed E-state index contributed by atoms with van der Waals surface area (Å²) < 4.78 is 26.5. The topological polar surface area (TPSA) is 117 Å². The number of carboxylic acids is 1. The van der Waals surface area contributed by atoms with Crippen molar-refractivity contribution in [2.75, 3.05) is 13.1 Å². The number of carbonyl (C=O) groups is 2. The Kier molecular flexibility index (Phi) is 5.52. The Labute approximate surface area is 156 Å². The molecule has 1 saturated heterocycles. The van der Waals surface area contributed by atoms with Gasteiger partial charge in [-0.1, -0.05) is 12.1 Å². The molecule has 0 spiro atoms. The van der Waals surface area contributed by atoms with E-state index in [1.807, 2.05) is 0 Å². The standard InChI is InChI=1S/C18H19N3O5S/c22-17(14-7-8-19-16(11-14)18(23)24)20-12-13-3-5-15(6-4-13)27(25,26)21-9-1-2-10-21/h3-8,11H,1-2,9-10,12H2,(H,20,22)(H,23,24).